The number of carbonyl (C=O) groups excluding carboxylic acids is 3. The third-order valence-electron chi connectivity index (χ3n) is 10.7. The van der Waals surface area contributed by atoms with Crippen LogP contribution in [-0.4, -0.2) is 37.2 Å². The first-order chi connectivity index (χ1) is 30.0. The maximum Gasteiger partial charge on any atom is 0.306 e. The van der Waals surface area contributed by atoms with E-state index in [1.54, 1.807) is 0 Å². The monoisotopic (exact) mass is 851 g/mol. The minimum atomic E-state index is -0.800. The van der Waals surface area contributed by atoms with Gasteiger partial charge in [0.05, 0.1) is 0 Å². The van der Waals surface area contributed by atoms with Gasteiger partial charge in [-0.3, -0.25) is 14.4 Å². The molecule has 0 saturated carbocycles. The SMILES string of the molecule is CC/C=C\C/C=C\C/C=C\C/C=C\CCCCC(=O)OC(COC(=O)CCCCCCC/C=C\CCCC)COC(=O)CCCCCCCCC/C=C\CCCCCCCC. The van der Waals surface area contributed by atoms with Gasteiger partial charge in [0, 0.05) is 19.3 Å². The zero-order chi connectivity index (χ0) is 44.4. The Morgan fingerprint density at radius 2 is 0.656 bits per heavy atom. The summed E-state index contributed by atoms with van der Waals surface area (Å²) in [6, 6.07) is 0. The fraction of sp³-hybridized carbons (Fsp3) is 0.727. The molecule has 0 amide bonds. The van der Waals surface area contributed by atoms with E-state index in [-0.39, 0.29) is 37.5 Å². The molecule has 1 atom stereocenters. The van der Waals surface area contributed by atoms with E-state index in [4.69, 9.17) is 14.2 Å². The summed E-state index contributed by atoms with van der Waals surface area (Å²) in [6.07, 6.45) is 61.7. The highest BCUT2D eigenvalue weighted by atomic mass is 16.6. The number of ether oxygens (including phenoxy) is 3. The Labute approximate surface area is 376 Å². The highest BCUT2D eigenvalue weighted by Gasteiger charge is 2.19. The normalized spacial score (nSPS) is 12.6. The van der Waals surface area contributed by atoms with E-state index in [2.05, 4.69) is 93.7 Å². The van der Waals surface area contributed by atoms with Gasteiger partial charge in [0.2, 0.25) is 0 Å². The maximum atomic E-state index is 12.8. The van der Waals surface area contributed by atoms with Crippen LogP contribution in [0.2, 0.25) is 0 Å². The molecular weight excluding hydrogens is 757 g/mol. The van der Waals surface area contributed by atoms with Crippen molar-refractivity contribution in [2.75, 3.05) is 13.2 Å². The van der Waals surface area contributed by atoms with Gasteiger partial charge in [0.15, 0.2) is 6.10 Å². The standard InChI is InChI=1S/C55H94O6/c1-4-7-10-13-16-19-22-24-26-27-29-30-33-36-39-42-45-48-54(57)60-51-52(50-59-53(56)47-44-41-38-35-32-21-18-15-12-9-6-3)61-55(58)49-46-43-40-37-34-31-28-25-23-20-17-14-11-8-5-2/h8,11,15,17-18,20,24-26,28,34,37,52H,4-7,9-10,12-14,16,19,21-23,27,29-33,35-36,38-51H2,1-3H3/b11-8-,18-15-,20-17-,26-24-,28-25-,37-34-. The molecule has 0 aromatic heterocycles. The second kappa shape index (κ2) is 49.5. The van der Waals surface area contributed by atoms with Gasteiger partial charge in [0.1, 0.15) is 13.2 Å². The zero-order valence-corrected chi connectivity index (χ0v) is 39.9. The van der Waals surface area contributed by atoms with Gasteiger partial charge in [-0.1, -0.05) is 190 Å². The zero-order valence-electron chi connectivity index (χ0n) is 39.9. The Bertz CT molecular complexity index is 1160. The topological polar surface area (TPSA) is 78.9 Å². The van der Waals surface area contributed by atoms with Crippen molar-refractivity contribution < 1.29 is 28.6 Å². The molecule has 0 aliphatic rings. The quantitative estimate of drug-likeness (QED) is 0.0263. The van der Waals surface area contributed by atoms with Gasteiger partial charge >= 0.3 is 17.9 Å². The van der Waals surface area contributed by atoms with Crippen molar-refractivity contribution in [3.05, 3.63) is 72.9 Å². The lowest BCUT2D eigenvalue weighted by Crippen LogP contribution is -2.30. The molecule has 0 fully saturated rings. The second-order valence-corrected chi connectivity index (χ2v) is 16.7. The Morgan fingerprint density at radius 1 is 0.344 bits per heavy atom. The molecule has 6 heteroatoms. The molecule has 0 aliphatic heterocycles. The van der Waals surface area contributed by atoms with Crippen LogP contribution in [0.4, 0.5) is 0 Å². The average molecular weight is 851 g/mol. The number of hydrogen-bond acceptors (Lipinski definition) is 6. The van der Waals surface area contributed by atoms with Gasteiger partial charge < -0.3 is 14.2 Å². The largest absolute Gasteiger partial charge is 0.462 e. The summed E-state index contributed by atoms with van der Waals surface area (Å²) in [4.78, 5) is 37.9. The van der Waals surface area contributed by atoms with Crippen LogP contribution >= 0.6 is 0 Å². The molecular formula is C55H94O6. The number of unbranched alkanes of at least 4 members (excludes halogenated alkanes) is 22. The van der Waals surface area contributed by atoms with E-state index >= 15 is 0 Å². The third-order valence-corrected chi connectivity index (χ3v) is 10.7. The van der Waals surface area contributed by atoms with Crippen LogP contribution in [0.1, 0.15) is 239 Å². The molecule has 0 bridgehead atoms. The Balaban J connectivity index is 4.43. The number of esters is 3. The molecule has 0 radical (unpaired) electrons. The molecule has 0 rings (SSSR count). The molecule has 0 aliphatic carbocycles. The lowest BCUT2D eigenvalue weighted by molar-refractivity contribution is -0.167. The molecule has 350 valence electrons. The molecule has 0 spiro atoms. The Kier molecular flexibility index (Phi) is 46.9. The van der Waals surface area contributed by atoms with Gasteiger partial charge in [-0.15, -0.1) is 0 Å². The molecule has 1 unspecified atom stereocenters. The van der Waals surface area contributed by atoms with E-state index in [1.165, 1.54) is 103 Å². The number of carbonyl (C=O) groups is 3. The predicted molar refractivity (Wildman–Crippen MR) is 261 cm³/mol. The highest BCUT2D eigenvalue weighted by molar-refractivity contribution is 5.71. The maximum absolute atomic E-state index is 12.8. The summed E-state index contributed by atoms with van der Waals surface area (Å²) in [5.41, 5.74) is 0. The summed E-state index contributed by atoms with van der Waals surface area (Å²) < 4.78 is 16.7. The molecule has 0 N–H and O–H groups in total. The molecule has 6 nitrogen and oxygen atoms in total. The highest BCUT2D eigenvalue weighted by Crippen LogP contribution is 2.14. The van der Waals surface area contributed by atoms with Gasteiger partial charge in [-0.25, -0.2) is 0 Å². The first-order valence-electron chi connectivity index (χ1n) is 25.4. The van der Waals surface area contributed by atoms with Crippen LogP contribution in [0.5, 0.6) is 0 Å². The van der Waals surface area contributed by atoms with Crippen molar-refractivity contribution in [3.63, 3.8) is 0 Å². The Morgan fingerprint density at radius 3 is 1.10 bits per heavy atom. The van der Waals surface area contributed by atoms with Gasteiger partial charge in [0.25, 0.3) is 0 Å². The number of rotatable bonds is 45. The minimum Gasteiger partial charge on any atom is -0.462 e. The van der Waals surface area contributed by atoms with Crippen molar-refractivity contribution in [1.29, 1.82) is 0 Å². The summed E-state index contributed by atoms with van der Waals surface area (Å²) in [7, 11) is 0. The van der Waals surface area contributed by atoms with Crippen molar-refractivity contribution in [2.24, 2.45) is 0 Å². The van der Waals surface area contributed by atoms with E-state index in [0.29, 0.717) is 19.3 Å². The van der Waals surface area contributed by atoms with Crippen LogP contribution in [0, 0.1) is 0 Å². The molecule has 0 aromatic carbocycles. The van der Waals surface area contributed by atoms with Crippen molar-refractivity contribution >= 4 is 17.9 Å². The van der Waals surface area contributed by atoms with E-state index < -0.39 is 6.10 Å². The van der Waals surface area contributed by atoms with Crippen molar-refractivity contribution in [2.45, 2.75) is 245 Å². The molecule has 0 saturated heterocycles. The third kappa shape index (κ3) is 47.7. The second-order valence-electron chi connectivity index (χ2n) is 16.7. The van der Waals surface area contributed by atoms with Crippen LogP contribution < -0.4 is 0 Å². The van der Waals surface area contributed by atoms with Crippen molar-refractivity contribution in [1.82, 2.24) is 0 Å². The van der Waals surface area contributed by atoms with Gasteiger partial charge in [-0.2, -0.15) is 0 Å². The smallest absolute Gasteiger partial charge is 0.306 e. The van der Waals surface area contributed by atoms with Crippen LogP contribution in [0.25, 0.3) is 0 Å². The average Bonchev–Trinajstić information content (AvgIpc) is 3.26. The number of hydrogen-bond donors (Lipinski definition) is 0. The van der Waals surface area contributed by atoms with Gasteiger partial charge in [-0.05, 0) is 103 Å². The van der Waals surface area contributed by atoms with E-state index in [0.717, 1.165) is 89.9 Å². The van der Waals surface area contributed by atoms with Crippen molar-refractivity contribution in [3.8, 4) is 0 Å². The molecule has 0 aromatic rings. The summed E-state index contributed by atoms with van der Waals surface area (Å²) in [6.45, 7) is 6.43. The molecule has 0 heterocycles. The summed E-state index contributed by atoms with van der Waals surface area (Å²) in [5, 5.41) is 0. The fourth-order valence-electron chi connectivity index (χ4n) is 6.82. The minimum absolute atomic E-state index is 0.0971. The summed E-state index contributed by atoms with van der Waals surface area (Å²) >= 11 is 0. The fourth-order valence-corrected chi connectivity index (χ4v) is 6.82. The Hall–Kier alpha value is -3.15. The van der Waals surface area contributed by atoms with E-state index in [9.17, 15) is 14.4 Å². The predicted octanol–water partition coefficient (Wildman–Crippen LogP) is 16.6. The number of allylic oxidation sites excluding steroid dienone is 12. The lowest BCUT2D eigenvalue weighted by Gasteiger charge is -2.18. The first-order valence-corrected chi connectivity index (χ1v) is 25.4. The lowest BCUT2D eigenvalue weighted by atomic mass is 10.1. The van der Waals surface area contributed by atoms with Crippen LogP contribution in [0.3, 0.4) is 0 Å². The molecule has 61 heavy (non-hydrogen) atoms. The first kappa shape index (κ1) is 57.9. The summed E-state index contributed by atoms with van der Waals surface area (Å²) in [5.74, 6) is -0.953. The van der Waals surface area contributed by atoms with E-state index in [1.807, 2.05) is 0 Å². The van der Waals surface area contributed by atoms with Crippen LogP contribution in [-0.2, 0) is 28.6 Å². The van der Waals surface area contributed by atoms with Crippen LogP contribution in [0.15, 0.2) is 72.9 Å².